The summed E-state index contributed by atoms with van der Waals surface area (Å²) >= 11 is 0. The van der Waals surface area contributed by atoms with Crippen LogP contribution < -0.4 is 0 Å². The molecule has 0 aromatic carbocycles. The molecule has 1 heterocycles. The van der Waals surface area contributed by atoms with Gasteiger partial charge in [0.2, 0.25) is 12.3 Å². The summed E-state index contributed by atoms with van der Waals surface area (Å²) < 4.78 is 0. The molecule has 0 N–H and O–H groups in total. The van der Waals surface area contributed by atoms with Crippen LogP contribution in [0.3, 0.4) is 0 Å². The summed E-state index contributed by atoms with van der Waals surface area (Å²) in [7, 11) is 1.74. The minimum absolute atomic E-state index is 0.0127. The molecule has 0 spiro atoms. The van der Waals surface area contributed by atoms with Gasteiger partial charge in [-0.05, 0) is 19.3 Å². The van der Waals surface area contributed by atoms with Crippen molar-refractivity contribution in [1.29, 1.82) is 0 Å². The Morgan fingerprint density at radius 1 is 1.54 bits per heavy atom. The fraction of sp³-hybridized carbons (Fsp3) is 0.778. The van der Waals surface area contributed by atoms with Crippen molar-refractivity contribution >= 4 is 12.3 Å². The number of likely N-dealkylation sites (tertiary alicyclic amines) is 1. The van der Waals surface area contributed by atoms with Gasteiger partial charge in [0, 0.05) is 20.5 Å². The van der Waals surface area contributed by atoms with E-state index in [1.54, 1.807) is 16.8 Å². The second-order valence-electron chi connectivity index (χ2n) is 3.45. The lowest BCUT2D eigenvalue weighted by atomic mass is 10.1. The average molecular weight is 184 g/mol. The molecule has 1 saturated heterocycles. The molecule has 4 heteroatoms. The third-order valence-corrected chi connectivity index (χ3v) is 2.59. The van der Waals surface area contributed by atoms with Crippen molar-refractivity contribution in [2.45, 2.75) is 32.4 Å². The molecule has 1 fully saturated rings. The van der Waals surface area contributed by atoms with Gasteiger partial charge < -0.3 is 9.80 Å². The Morgan fingerprint density at radius 2 is 2.23 bits per heavy atom. The van der Waals surface area contributed by atoms with E-state index in [4.69, 9.17) is 0 Å². The van der Waals surface area contributed by atoms with Crippen LogP contribution in [0.2, 0.25) is 0 Å². The minimum atomic E-state index is -0.0243. The number of piperidine rings is 1. The summed E-state index contributed by atoms with van der Waals surface area (Å²) in [6.45, 7) is 2.30. The number of amides is 2. The highest BCUT2D eigenvalue weighted by Gasteiger charge is 2.25. The number of carbonyl (C=O) groups excluding carboxylic acids is 2. The zero-order chi connectivity index (χ0) is 9.84. The normalized spacial score (nSPS) is 22.6. The Morgan fingerprint density at radius 3 is 2.77 bits per heavy atom. The van der Waals surface area contributed by atoms with E-state index < -0.39 is 0 Å². The number of nitrogens with zero attached hydrogens (tertiary/aromatic N) is 2. The fourth-order valence-electron chi connectivity index (χ4n) is 1.69. The van der Waals surface area contributed by atoms with Gasteiger partial charge in [0.05, 0.1) is 0 Å². The highest BCUT2D eigenvalue weighted by atomic mass is 16.2. The van der Waals surface area contributed by atoms with E-state index in [1.165, 1.54) is 6.92 Å². The van der Waals surface area contributed by atoms with Crippen LogP contribution >= 0.6 is 0 Å². The minimum Gasteiger partial charge on any atom is -0.325 e. The van der Waals surface area contributed by atoms with Gasteiger partial charge in [-0.3, -0.25) is 9.59 Å². The third-order valence-electron chi connectivity index (χ3n) is 2.59. The monoisotopic (exact) mass is 184 g/mol. The van der Waals surface area contributed by atoms with Crippen LogP contribution in [0.25, 0.3) is 0 Å². The van der Waals surface area contributed by atoms with E-state index >= 15 is 0 Å². The van der Waals surface area contributed by atoms with Crippen LogP contribution in [-0.2, 0) is 9.59 Å². The number of rotatable bonds is 2. The smallest absolute Gasteiger partial charge is 0.220 e. The van der Waals surface area contributed by atoms with Crippen LogP contribution in [0.15, 0.2) is 0 Å². The Hall–Kier alpha value is -1.06. The Balaban J connectivity index is 2.63. The molecular weight excluding hydrogens is 168 g/mol. The van der Waals surface area contributed by atoms with Crippen molar-refractivity contribution in [2.75, 3.05) is 13.6 Å². The lowest BCUT2D eigenvalue weighted by Gasteiger charge is -2.38. The molecule has 0 aromatic heterocycles. The molecule has 4 nitrogen and oxygen atoms in total. The zero-order valence-electron chi connectivity index (χ0n) is 8.19. The first-order valence-electron chi connectivity index (χ1n) is 4.61. The lowest BCUT2D eigenvalue weighted by molar-refractivity contribution is -0.138. The van der Waals surface area contributed by atoms with Gasteiger partial charge in [0.1, 0.15) is 6.17 Å². The van der Waals surface area contributed by atoms with Crippen LogP contribution in [0.4, 0.5) is 0 Å². The van der Waals surface area contributed by atoms with Gasteiger partial charge in [0.15, 0.2) is 0 Å². The Bertz CT molecular complexity index is 204. The molecule has 0 aliphatic carbocycles. The van der Waals surface area contributed by atoms with Crippen LogP contribution in [-0.4, -0.2) is 41.9 Å². The largest absolute Gasteiger partial charge is 0.325 e. The fourth-order valence-corrected chi connectivity index (χ4v) is 1.69. The predicted molar refractivity (Wildman–Crippen MR) is 48.9 cm³/mol. The van der Waals surface area contributed by atoms with Crippen LogP contribution in [0.1, 0.15) is 26.2 Å². The third kappa shape index (κ3) is 2.20. The quantitative estimate of drug-likeness (QED) is 0.584. The van der Waals surface area contributed by atoms with Crippen molar-refractivity contribution in [2.24, 2.45) is 0 Å². The summed E-state index contributed by atoms with van der Waals surface area (Å²) in [4.78, 5) is 25.1. The van der Waals surface area contributed by atoms with Gasteiger partial charge in [-0.2, -0.15) is 0 Å². The van der Waals surface area contributed by atoms with Gasteiger partial charge in [-0.15, -0.1) is 0 Å². The summed E-state index contributed by atoms with van der Waals surface area (Å²) in [6.07, 6.45) is 3.84. The van der Waals surface area contributed by atoms with E-state index in [2.05, 4.69) is 0 Å². The SMILES string of the molecule is CC(=O)N(C)C1CCCCN1C=O. The maximum absolute atomic E-state index is 11.1. The van der Waals surface area contributed by atoms with Crippen molar-refractivity contribution in [1.82, 2.24) is 9.80 Å². The standard InChI is InChI=1S/C9H16N2O2/c1-8(13)10(2)9-5-3-4-6-11(9)7-12/h7,9H,3-6H2,1-2H3. The number of hydrogen-bond acceptors (Lipinski definition) is 2. The van der Waals surface area contributed by atoms with E-state index in [9.17, 15) is 9.59 Å². The highest BCUT2D eigenvalue weighted by molar-refractivity contribution is 5.73. The second-order valence-corrected chi connectivity index (χ2v) is 3.45. The number of hydrogen-bond donors (Lipinski definition) is 0. The van der Waals surface area contributed by atoms with Crippen molar-refractivity contribution < 1.29 is 9.59 Å². The summed E-state index contributed by atoms with van der Waals surface area (Å²) in [6, 6.07) is 0. The molecule has 1 aliphatic heterocycles. The average Bonchev–Trinajstić information content (AvgIpc) is 2.16. The van der Waals surface area contributed by atoms with Gasteiger partial charge in [-0.1, -0.05) is 0 Å². The number of carbonyl (C=O) groups is 2. The molecule has 0 saturated carbocycles. The van der Waals surface area contributed by atoms with Gasteiger partial charge in [0.25, 0.3) is 0 Å². The molecule has 74 valence electrons. The van der Waals surface area contributed by atoms with E-state index in [0.717, 1.165) is 32.2 Å². The maximum atomic E-state index is 11.1. The summed E-state index contributed by atoms with van der Waals surface area (Å²) in [5.41, 5.74) is 0. The molecule has 1 atom stereocenters. The Labute approximate surface area is 78.5 Å². The summed E-state index contributed by atoms with van der Waals surface area (Å²) in [5.74, 6) is 0.0127. The first-order valence-corrected chi connectivity index (χ1v) is 4.61. The second kappa shape index (κ2) is 4.25. The molecule has 1 rings (SSSR count). The zero-order valence-corrected chi connectivity index (χ0v) is 8.19. The highest BCUT2D eigenvalue weighted by Crippen LogP contribution is 2.17. The van der Waals surface area contributed by atoms with Crippen molar-refractivity contribution in [3.8, 4) is 0 Å². The van der Waals surface area contributed by atoms with Crippen molar-refractivity contribution in [3.63, 3.8) is 0 Å². The van der Waals surface area contributed by atoms with Crippen molar-refractivity contribution in [3.05, 3.63) is 0 Å². The summed E-state index contributed by atoms with van der Waals surface area (Å²) in [5, 5.41) is 0. The first-order chi connectivity index (χ1) is 6.16. The molecular formula is C9H16N2O2. The molecule has 1 aliphatic rings. The van der Waals surface area contributed by atoms with E-state index in [-0.39, 0.29) is 12.1 Å². The van der Waals surface area contributed by atoms with E-state index in [1.807, 2.05) is 0 Å². The van der Waals surface area contributed by atoms with E-state index in [0.29, 0.717) is 0 Å². The van der Waals surface area contributed by atoms with Gasteiger partial charge in [-0.25, -0.2) is 0 Å². The lowest BCUT2D eigenvalue weighted by Crippen LogP contribution is -2.50. The molecule has 2 amide bonds. The van der Waals surface area contributed by atoms with Gasteiger partial charge >= 0.3 is 0 Å². The van der Waals surface area contributed by atoms with Crippen LogP contribution in [0, 0.1) is 0 Å². The topological polar surface area (TPSA) is 40.6 Å². The van der Waals surface area contributed by atoms with Crippen LogP contribution in [0.5, 0.6) is 0 Å². The molecule has 1 unspecified atom stereocenters. The first kappa shape index (κ1) is 10.0. The molecule has 0 radical (unpaired) electrons. The molecule has 13 heavy (non-hydrogen) atoms. The predicted octanol–water partition coefficient (Wildman–Crippen LogP) is 0.433. The maximum Gasteiger partial charge on any atom is 0.220 e. The Kier molecular flexibility index (Phi) is 3.28. The molecule has 0 bridgehead atoms. The molecule has 0 aromatic rings.